The molecule has 2 aliphatic rings. The maximum absolute atomic E-state index is 11.6. The molecule has 2 atom stereocenters. The van der Waals surface area contributed by atoms with E-state index in [1.54, 1.807) is 0 Å². The minimum atomic E-state index is -3.56. The maximum atomic E-state index is 11.6. The van der Waals surface area contributed by atoms with E-state index in [0.717, 1.165) is 0 Å². The summed E-state index contributed by atoms with van der Waals surface area (Å²) in [6.07, 6.45) is 1.98. The molecule has 0 aromatic rings. The van der Waals surface area contributed by atoms with Gasteiger partial charge in [-0.15, -0.1) is 0 Å². The molecule has 2 rings (SSSR count). The molecule has 0 aromatic heterocycles. The minimum Gasteiger partial charge on any atom is -0.356 e. The van der Waals surface area contributed by atoms with Crippen molar-refractivity contribution in [3.05, 3.63) is 0 Å². The molecule has 2 fully saturated rings. The molecule has 1 saturated heterocycles. The van der Waals surface area contributed by atoms with E-state index in [2.05, 4.69) is 5.32 Å². The van der Waals surface area contributed by atoms with E-state index in [0.29, 0.717) is 25.8 Å². The number of nitrogens with two attached hydrogens (primary N) is 1. The van der Waals surface area contributed by atoms with Crippen LogP contribution in [0.5, 0.6) is 0 Å². The van der Waals surface area contributed by atoms with E-state index in [1.807, 2.05) is 4.72 Å². The van der Waals surface area contributed by atoms with Crippen molar-refractivity contribution in [1.82, 2.24) is 10.0 Å². The highest BCUT2D eigenvalue weighted by Gasteiger charge is 2.38. The number of carbonyl (C=O) groups excluding carboxylic acids is 2. The molecular formula is C10H17N3O4S. The standard InChI is InChI=1S/C10H17N3O4S/c11-8(5-6-3-4-12-9(6)14)10(15)13-18(16,17)7-1-2-7/h6-8H,1-5,11H2,(H,12,14)(H,13,15). The van der Waals surface area contributed by atoms with Gasteiger partial charge in [-0.25, -0.2) is 8.42 Å². The molecular weight excluding hydrogens is 258 g/mol. The van der Waals surface area contributed by atoms with Crippen LogP contribution in [0.3, 0.4) is 0 Å². The zero-order chi connectivity index (χ0) is 13.3. The van der Waals surface area contributed by atoms with Crippen LogP contribution < -0.4 is 15.8 Å². The van der Waals surface area contributed by atoms with Crippen molar-refractivity contribution in [2.45, 2.75) is 37.0 Å². The van der Waals surface area contributed by atoms with E-state index in [1.165, 1.54) is 0 Å². The van der Waals surface area contributed by atoms with Crippen LogP contribution >= 0.6 is 0 Å². The molecule has 0 aromatic carbocycles. The van der Waals surface area contributed by atoms with Gasteiger partial charge < -0.3 is 11.1 Å². The summed E-state index contributed by atoms with van der Waals surface area (Å²) in [6, 6.07) is -0.965. The molecule has 1 heterocycles. The van der Waals surface area contributed by atoms with Crippen LogP contribution in [0.2, 0.25) is 0 Å². The quantitative estimate of drug-likeness (QED) is 0.561. The van der Waals surface area contributed by atoms with Crippen LogP contribution in [0, 0.1) is 5.92 Å². The first-order valence-electron chi connectivity index (χ1n) is 5.99. The number of carbonyl (C=O) groups is 2. The third-order valence-corrected chi connectivity index (χ3v) is 5.08. The van der Waals surface area contributed by atoms with Gasteiger partial charge in [-0.2, -0.15) is 0 Å². The van der Waals surface area contributed by atoms with Crippen molar-refractivity contribution in [3.63, 3.8) is 0 Å². The summed E-state index contributed by atoms with van der Waals surface area (Å²) in [5.74, 6) is -1.14. The highest BCUT2D eigenvalue weighted by Crippen LogP contribution is 2.27. The van der Waals surface area contributed by atoms with E-state index >= 15 is 0 Å². The summed E-state index contributed by atoms with van der Waals surface area (Å²) in [5, 5.41) is 2.19. The van der Waals surface area contributed by atoms with Gasteiger partial charge in [-0.1, -0.05) is 0 Å². The molecule has 1 aliphatic heterocycles. The van der Waals surface area contributed by atoms with Gasteiger partial charge in [-0.05, 0) is 25.7 Å². The van der Waals surface area contributed by atoms with E-state index in [4.69, 9.17) is 5.73 Å². The van der Waals surface area contributed by atoms with Crippen molar-refractivity contribution in [1.29, 1.82) is 0 Å². The lowest BCUT2D eigenvalue weighted by atomic mass is 9.99. The zero-order valence-electron chi connectivity index (χ0n) is 9.89. The Hall–Kier alpha value is -1.15. The van der Waals surface area contributed by atoms with E-state index in [-0.39, 0.29) is 18.2 Å². The Balaban J connectivity index is 1.86. The molecule has 4 N–H and O–H groups in total. The molecule has 1 saturated carbocycles. The molecule has 0 spiro atoms. The number of rotatable bonds is 5. The Bertz CT molecular complexity index is 458. The van der Waals surface area contributed by atoms with Gasteiger partial charge in [0.05, 0.1) is 11.3 Å². The third-order valence-electron chi connectivity index (χ3n) is 3.24. The second kappa shape index (κ2) is 4.85. The Morgan fingerprint density at radius 1 is 1.44 bits per heavy atom. The van der Waals surface area contributed by atoms with Crippen molar-refractivity contribution in [2.24, 2.45) is 11.7 Å². The van der Waals surface area contributed by atoms with Gasteiger partial charge >= 0.3 is 0 Å². The predicted molar refractivity (Wildman–Crippen MR) is 63.8 cm³/mol. The largest absolute Gasteiger partial charge is 0.356 e. The summed E-state index contributed by atoms with van der Waals surface area (Å²) < 4.78 is 25.1. The highest BCUT2D eigenvalue weighted by molar-refractivity contribution is 7.90. The topological polar surface area (TPSA) is 118 Å². The van der Waals surface area contributed by atoms with Crippen molar-refractivity contribution in [3.8, 4) is 0 Å². The fourth-order valence-corrected chi connectivity index (χ4v) is 3.32. The second-order valence-corrected chi connectivity index (χ2v) is 6.79. The first-order valence-corrected chi connectivity index (χ1v) is 7.53. The Kier molecular flexibility index (Phi) is 3.58. The first-order chi connectivity index (χ1) is 8.40. The lowest BCUT2D eigenvalue weighted by Crippen LogP contribution is -2.45. The van der Waals surface area contributed by atoms with Crippen LogP contribution in [0.15, 0.2) is 0 Å². The maximum Gasteiger partial charge on any atom is 0.250 e. The predicted octanol–water partition coefficient (Wildman–Crippen LogP) is -1.55. The average Bonchev–Trinajstić information content (AvgIpc) is 3.06. The van der Waals surface area contributed by atoms with Crippen LogP contribution in [-0.2, 0) is 19.6 Å². The molecule has 18 heavy (non-hydrogen) atoms. The second-order valence-electron chi connectivity index (χ2n) is 4.83. The number of amides is 2. The first kappa shape index (κ1) is 13.3. The number of nitrogens with one attached hydrogen (secondary N) is 2. The Morgan fingerprint density at radius 3 is 2.61 bits per heavy atom. The lowest BCUT2D eigenvalue weighted by Gasteiger charge is -2.14. The third kappa shape index (κ3) is 2.99. The number of hydrogen-bond acceptors (Lipinski definition) is 5. The van der Waals surface area contributed by atoms with Gasteiger partial charge in [0.2, 0.25) is 21.8 Å². The summed E-state index contributed by atoms with van der Waals surface area (Å²) in [5.41, 5.74) is 5.63. The van der Waals surface area contributed by atoms with Gasteiger partial charge in [0, 0.05) is 12.5 Å². The summed E-state index contributed by atoms with van der Waals surface area (Å²) in [6.45, 7) is 0.582. The summed E-state index contributed by atoms with van der Waals surface area (Å²) in [4.78, 5) is 23.0. The van der Waals surface area contributed by atoms with Gasteiger partial charge in [0.1, 0.15) is 0 Å². The van der Waals surface area contributed by atoms with Crippen molar-refractivity contribution in [2.75, 3.05) is 6.54 Å². The van der Waals surface area contributed by atoms with Gasteiger partial charge in [-0.3, -0.25) is 14.3 Å². The van der Waals surface area contributed by atoms with Crippen molar-refractivity contribution < 1.29 is 18.0 Å². The number of hydrogen-bond donors (Lipinski definition) is 3. The molecule has 0 bridgehead atoms. The van der Waals surface area contributed by atoms with Crippen LogP contribution in [0.25, 0.3) is 0 Å². The van der Waals surface area contributed by atoms with Crippen LogP contribution in [0.1, 0.15) is 25.7 Å². The normalized spacial score (nSPS) is 25.6. The molecule has 102 valence electrons. The van der Waals surface area contributed by atoms with Gasteiger partial charge in [0.15, 0.2) is 0 Å². The lowest BCUT2D eigenvalue weighted by molar-refractivity contribution is -0.123. The molecule has 0 radical (unpaired) electrons. The van der Waals surface area contributed by atoms with E-state index in [9.17, 15) is 18.0 Å². The molecule has 8 heteroatoms. The van der Waals surface area contributed by atoms with Gasteiger partial charge in [0.25, 0.3) is 0 Å². The zero-order valence-corrected chi connectivity index (χ0v) is 10.7. The fourth-order valence-electron chi connectivity index (χ4n) is 1.96. The monoisotopic (exact) mass is 275 g/mol. The molecule has 1 aliphatic carbocycles. The summed E-state index contributed by atoms with van der Waals surface area (Å²) >= 11 is 0. The Labute approximate surface area is 106 Å². The highest BCUT2D eigenvalue weighted by atomic mass is 32.2. The van der Waals surface area contributed by atoms with Crippen LogP contribution in [-0.4, -0.2) is 38.1 Å². The van der Waals surface area contributed by atoms with E-state index < -0.39 is 27.2 Å². The fraction of sp³-hybridized carbons (Fsp3) is 0.800. The summed E-state index contributed by atoms with van der Waals surface area (Å²) in [7, 11) is -3.56. The Morgan fingerprint density at radius 2 is 2.11 bits per heavy atom. The molecule has 2 unspecified atom stereocenters. The SMILES string of the molecule is NC(CC1CCNC1=O)C(=O)NS(=O)(=O)C1CC1. The smallest absolute Gasteiger partial charge is 0.250 e. The minimum absolute atomic E-state index is 0.122. The molecule has 7 nitrogen and oxygen atoms in total. The van der Waals surface area contributed by atoms with Crippen LogP contribution in [0.4, 0.5) is 0 Å². The average molecular weight is 275 g/mol. The van der Waals surface area contributed by atoms with Crippen molar-refractivity contribution >= 4 is 21.8 Å². The number of sulfonamides is 1. The molecule has 2 amide bonds.